The Bertz CT molecular complexity index is 1010. The van der Waals surface area contributed by atoms with Crippen LogP contribution in [0, 0.1) is 0 Å². The van der Waals surface area contributed by atoms with Gasteiger partial charge in [0.2, 0.25) is 0 Å². The number of hydrogen-bond donors (Lipinski definition) is 2. The minimum atomic E-state index is -0.321. The molecule has 6 heteroatoms. The second-order valence-corrected chi connectivity index (χ2v) is 7.60. The summed E-state index contributed by atoms with van der Waals surface area (Å²) in [7, 11) is 0. The molecule has 3 aromatic rings. The first-order chi connectivity index (χ1) is 11.6. The third-order valence-electron chi connectivity index (χ3n) is 4.07. The maximum absolute atomic E-state index is 12.5. The van der Waals surface area contributed by atoms with E-state index >= 15 is 0 Å². The van der Waals surface area contributed by atoms with Crippen molar-refractivity contribution in [2.45, 2.75) is 12.8 Å². The minimum absolute atomic E-state index is 0.237. The van der Waals surface area contributed by atoms with E-state index in [0.717, 1.165) is 17.7 Å². The van der Waals surface area contributed by atoms with Gasteiger partial charge in [-0.15, -0.1) is 11.3 Å². The number of carbonyl (C=O) groups is 1. The highest BCUT2D eigenvalue weighted by molar-refractivity contribution is 9.10. The van der Waals surface area contributed by atoms with Crippen LogP contribution in [0.5, 0.6) is 0 Å². The predicted octanol–water partition coefficient (Wildman–Crippen LogP) is 4.22. The summed E-state index contributed by atoms with van der Waals surface area (Å²) in [6, 6.07) is 11.8. The van der Waals surface area contributed by atoms with Crippen LogP contribution in [-0.2, 0) is 12.8 Å². The van der Waals surface area contributed by atoms with E-state index in [1.807, 2.05) is 18.2 Å². The van der Waals surface area contributed by atoms with E-state index in [0.29, 0.717) is 9.35 Å². The molecule has 0 unspecified atom stereocenters. The smallest absolute Gasteiger partial charge is 0.271 e. The molecule has 120 valence electrons. The van der Waals surface area contributed by atoms with Crippen LogP contribution >= 0.6 is 27.3 Å². The lowest BCUT2D eigenvalue weighted by Gasteiger charge is -2.15. The van der Waals surface area contributed by atoms with Crippen molar-refractivity contribution in [3.63, 3.8) is 0 Å². The lowest BCUT2D eigenvalue weighted by atomic mass is 9.91. The molecule has 2 N–H and O–H groups in total. The van der Waals surface area contributed by atoms with Crippen LogP contribution in [0.1, 0.15) is 20.8 Å². The van der Waals surface area contributed by atoms with Crippen molar-refractivity contribution in [1.29, 1.82) is 0 Å². The maximum Gasteiger partial charge on any atom is 0.271 e. The SMILES string of the molecule is O=C(Nc1cc(Br)c[nH]c1=O)c1cc2c(s1)-c1ccccc1CC2. The van der Waals surface area contributed by atoms with Crippen LogP contribution in [0.3, 0.4) is 0 Å². The van der Waals surface area contributed by atoms with E-state index in [4.69, 9.17) is 0 Å². The number of halogens is 1. The summed E-state index contributed by atoms with van der Waals surface area (Å²) in [6.07, 6.45) is 3.47. The molecule has 0 atom stereocenters. The Morgan fingerprint density at radius 3 is 2.83 bits per heavy atom. The maximum atomic E-state index is 12.5. The molecule has 0 fully saturated rings. The average Bonchev–Trinajstić information content (AvgIpc) is 3.03. The third-order valence-corrected chi connectivity index (χ3v) is 5.74. The van der Waals surface area contributed by atoms with Crippen LogP contribution in [0.2, 0.25) is 0 Å². The van der Waals surface area contributed by atoms with Gasteiger partial charge in [0.1, 0.15) is 5.69 Å². The number of H-pyrrole nitrogens is 1. The zero-order valence-electron chi connectivity index (χ0n) is 12.6. The fourth-order valence-corrected chi connectivity index (χ4v) is 4.43. The van der Waals surface area contributed by atoms with Gasteiger partial charge < -0.3 is 10.3 Å². The summed E-state index contributed by atoms with van der Waals surface area (Å²) < 4.78 is 0.705. The van der Waals surface area contributed by atoms with Crippen molar-refractivity contribution in [3.8, 4) is 10.4 Å². The molecule has 0 saturated carbocycles. The number of aromatic amines is 1. The molecule has 0 spiro atoms. The number of carbonyl (C=O) groups excluding carboxylic acids is 1. The monoisotopic (exact) mass is 400 g/mol. The number of rotatable bonds is 2. The zero-order chi connectivity index (χ0) is 16.7. The van der Waals surface area contributed by atoms with Gasteiger partial charge >= 0.3 is 0 Å². The lowest BCUT2D eigenvalue weighted by Crippen LogP contribution is -2.18. The number of aromatic nitrogens is 1. The van der Waals surface area contributed by atoms with Crippen LogP contribution in [0.25, 0.3) is 10.4 Å². The predicted molar refractivity (Wildman–Crippen MR) is 99.9 cm³/mol. The molecule has 0 saturated heterocycles. The van der Waals surface area contributed by atoms with Gasteiger partial charge in [-0.3, -0.25) is 9.59 Å². The van der Waals surface area contributed by atoms with Crippen molar-refractivity contribution in [2.24, 2.45) is 0 Å². The first kappa shape index (κ1) is 15.4. The molecule has 2 heterocycles. The Labute approximate surface area is 150 Å². The van der Waals surface area contributed by atoms with Gasteiger partial charge in [0, 0.05) is 15.5 Å². The standard InChI is InChI=1S/C18H13BrN2O2S/c19-12-8-14(17(22)20-9-12)21-18(23)15-7-11-6-5-10-3-1-2-4-13(10)16(11)24-15/h1-4,7-9H,5-6H2,(H,20,22)(H,21,23). The molecule has 0 bridgehead atoms. The highest BCUT2D eigenvalue weighted by atomic mass is 79.9. The highest BCUT2D eigenvalue weighted by Crippen LogP contribution is 2.39. The van der Waals surface area contributed by atoms with E-state index in [9.17, 15) is 9.59 Å². The number of nitrogens with one attached hydrogen (secondary N) is 2. The van der Waals surface area contributed by atoms with Gasteiger partial charge in [0.15, 0.2) is 0 Å². The number of aryl methyl sites for hydroxylation is 2. The Hall–Kier alpha value is -2.18. The second-order valence-electron chi connectivity index (χ2n) is 5.64. The van der Waals surface area contributed by atoms with Crippen molar-refractivity contribution < 1.29 is 4.79 Å². The topological polar surface area (TPSA) is 62.0 Å². The first-order valence-corrected chi connectivity index (χ1v) is 9.13. The summed E-state index contributed by atoms with van der Waals surface area (Å²) in [6.45, 7) is 0. The largest absolute Gasteiger partial charge is 0.326 e. The Morgan fingerprint density at radius 2 is 1.96 bits per heavy atom. The van der Waals surface area contributed by atoms with Gasteiger partial charge in [-0.25, -0.2) is 0 Å². The van der Waals surface area contributed by atoms with Crippen molar-refractivity contribution in [1.82, 2.24) is 4.98 Å². The molecule has 1 aliphatic carbocycles. The summed E-state index contributed by atoms with van der Waals surface area (Å²) in [5.41, 5.74) is 3.65. The minimum Gasteiger partial charge on any atom is -0.326 e. The van der Waals surface area contributed by atoms with Gasteiger partial charge in [-0.1, -0.05) is 24.3 Å². The molecular weight excluding hydrogens is 388 g/mol. The highest BCUT2D eigenvalue weighted by Gasteiger charge is 2.21. The average molecular weight is 401 g/mol. The van der Waals surface area contributed by atoms with Gasteiger partial charge in [0.25, 0.3) is 11.5 Å². The number of hydrogen-bond acceptors (Lipinski definition) is 3. The van der Waals surface area contributed by atoms with Crippen molar-refractivity contribution in [2.75, 3.05) is 5.32 Å². The molecule has 1 aromatic carbocycles. The summed E-state index contributed by atoms with van der Waals surface area (Å²) in [5.74, 6) is -0.254. The Kier molecular flexibility index (Phi) is 3.86. The van der Waals surface area contributed by atoms with Crippen molar-refractivity contribution in [3.05, 3.63) is 73.4 Å². The van der Waals surface area contributed by atoms with E-state index < -0.39 is 0 Å². The van der Waals surface area contributed by atoms with Crippen molar-refractivity contribution >= 4 is 38.9 Å². The zero-order valence-corrected chi connectivity index (χ0v) is 15.0. The van der Waals surface area contributed by atoms with Crippen LogP contribution in [-0.4, -0.2) is 10.9 Å². The summed E-state index contributed by atoms with van der Waals surface area (Å²) in [4.78, 5) is 28.7. The van der Waals surface area contributed by atoms with Gasteiger partial charge in [-0.05, 0) is 57.6 Å². The normalized spacial score (nSPS) is 12.4. The molecule has 4 nitrogen and oxygen atoms in total. The Balaban J connectivity index is 1.67. The van der Waals surface area contributed by atoms with E-state index in [1.165, 1.54) is 28.0 Å². The number of pyridine rings is 1. The number of anilines is 1. The number of thiophene rings is 1. The van der Waals surface area contributed by atoms with Crippen LogP contribution in [0.15, 0.2) is 51.9 Å². The molecule has 1 aliphatic rings. The molecule has 2 aromatic heterocycles. The summed E-state index contributed by atoms with van der Waals surface area (Å²) >= 11 is 4.77. The first-order valence-electron chi connectivity index (χ1n) is 7.52. The fraction of sp³-hybridized carbons (Fsp3) is 0.111. The lowest BCUT2D eigenvalue weighted by molar-refractivity contribution is 0.103. The van der Waals surface area contributed by atoms with Gasteiger partial charge in [-0.2, -0.15) is 0 Å². The third kappa shape index (κ3) is 2.72. The fourth-order valence-electron chi connectivity index (χ4n) is 2.92. The molecule has 4 rings (SSSR count). The molecule has 1 amide bonds. The molecule has 24 heavy (non-hydrogen) atoms. The van der Waals surface area contributed by atoms with E-state index in [1.54, 1.807) is 12.3 Å². The van der Waals surface area contributed by atoms with Gasteiger partial charge in [0.05, 0.1) is 4.88 Å². The second kappa shape index (κ2) is 6.03. The molecule has 0 radical (unpaired) electrons. The van der Waals surface area contributed by atoms with Crippen LogP contribution < -0.4 is 10.9 Å². The van der Waals surface area contributed by atoms with Crippen LogP contribution in [0.4, 0.5) is 5.69 Å². The molecule has 0 aliphatic heterocycles. The summed E-state index contributed by atoms with van der Waals surface area (Å²) in [5, 5.41) is 2.70. The molecular formula is C18H13BrN2O2S. The Morgan fingerprint density at radius 1 is 1.17 bits per heavy atom. The number of fused-ring (bicyclic) bond motifs is 3. The quantitative estimate of drug-likeness (QED) is 0.676. The number of amides is 1. The van der Waals surface area contributed by atoms with E-state index in [-0.39, 0.29) is 17.2 Å². The van der Waals surface area contributed by atoms with E-state index in [2.05, 4.69) is 38.4 Å². The number of benzene rings is 1.